The van der Waals surface area contributed by atoms with E-state index in [9.17, 15) is 0 Å². The molecule has 0 spiro atoms. The molecule has 21 heavy (non-hydrogen) atoms. The zero-order chi connectivity index (χ0) is 13.1. The summed E-state index contributed by atoms with van der Waals surface area (Å²) in [7, 11) is 0. The number of rotatable bonds is 3. The Kier molecular flexibility index (Phi) is 8.24. The summed E-state index contributed by atoms with van der Waals surface area (Å²) in [6.07, 6.45) is 0. The summed E-state index contributed by atoms with van der Waals surface area (Å²) >= 11 is 5.56. The average molecular weight is 410 g/mol. The molecule has 2 aromatic rings. The van der Waals surface area contributed by atoms with Gasteiger partial charge in [0.1, 0.15) is 0 Å². The van der Waals surface area contributed by atoms with Crippen molar-refractivity contribution < 1.29 is 0 Å². The number of hydrogen-bond donors (Lipinski definition) is 1. The molecule has 1 aromatic carbocycles. The van der Waals surface area contributed by atoms with Crippen molar-refractivity contribution in [2.45, 2.75) is 6.04 Å². The zero-order valence-corrected chi connectivity index (χ0v) is 15.5. The molecule has 0 aliphatic carbocycles. The highest BCUT2D eigenvalue weighted by molar-refractivity contribution is 9.10. The predicted molar refractivity (Wildman–Crippen MR) is 99.2 cm³/mol. The van der Waals surface area contributed by atoms with Gasteiger partial charge in [0.15, 0.2) is 0 Å². The maximum Gasteiger partial charge on any atom is 0.0707 e. The minimum Gasteiger partial charge on any atom is -0.314 e. The third kappa shape index (κ3) is 4.44. The Balaban J connectivity index is 0.00000110. The molecule has 3 rings (SSSR count). The first-order valence-electron chi connectivity index (χ1n) is 6.59. The maximum absolute atomic E-state index is 3.71. The van der Waals surface area contributed by atoms with Gasteiger partial charge in [0.25, 0.3) is 0 Å². The van der Waals surface area contributed by atoms with Crippen molar-refractivity contribution >= 4 is 52.1 Å². The van der Waals surface area contributed by atoms with Gasteiger partial charge < -0.3 is 5.32 Å². The topological polar surface area (TPSA) is 15.3 Å². The Bertz CT molecular complexity index is 530. The zero-order valence-electron chi connectivity index (χ0n) is 11.5. The van der Waals surface area contributed by atoms with E-state index in [1.165, 1.54) is 14.9 Å². The second-order valence-corrected chi connectivity index (χ2v) is 6.56. The van der Waals surface area contributed by atoms with Crippen molar-refractivity contribution in [3.8, 4) is 0 Å². The van der Waals surface area contributed by atoms with Crippen molar-refractivity contribution in [1.82, 2.24) is 10.2 Å². The Morgan fingerprint density at radius 3 is 2.38 bits per heavy atom. The molecule has 1 saturated heterocycles. The normalized spacial score (nSPS) is 16.6. The smallest absolute Gasteiger partial charge is 0.0707 e. The molecule has 1 fully saturated rings. The molecule has 2 heterocycles. The summed E-state index contributed by atoms with van der Waals surface area (Å²) in [4.78, 5) is 4.00. The van der Waals surface area contributed by atoms with Crippen LogP contribution >= 0.6 is 52.1 Å². The average Bonchev–Trinajstić information content (AvgIpc) is 2.96. The van der Waals surface area contributed by atoms with Crippen LogP contribution in [0.25, 0.3) is 0 Å². The van der Waals surface area contributed by atoms with Gasteiger partial charge in [0, 0.05) is 35.5 Å². The summed E-state index contributed by atoms with van der Waals surface area (Å²) in [5, 5.41) is 5.60. The predicted octanol–water partition coefficient (Wildman–Crippen LogP) is 4.35. The van der Waals surface area contributed by atoms with Crippen molar-refractivity contribution in [3.05, 3.63) is 56.7 Å². The number of thiophene rings is 1. The van der Waals surface area contributed by atoms with Gasteiger partial charge in [-0.2, -0.15) is 0 Å². The Hall–Kier alpha value is -0.100. The van der Waals surface area contributed by atoms with Gasteiger partial charge in [-0.15, -0.1) is 36.2 Å². The first-order valence-corrected chi connectivity index (χ1v) is 8.26. The first kappa shape index (κ1) is 18.9. The molecule has 2 nitrogen and oxygen atoms in total. The van der Waals surface area contributed by atoms with Gasteiger partial charge in [-0.05, 0) is 23.1 Å². The van der Waals surface area contributed by atoms with Crippen LogP contribution in [0.5, 0.6) is 0 Å². The number of nitrogens with zero attached hydrogens (tertiary/aromatic N) is 1. The minimum absolute atomic E-state index is 0. The van der Waals surface area contributed by atoms with Crippen LogP contribution in [0.15, 0.2) is 46.3 Å². The van der Waals surface area contributed by atoms with Crippen LogP contribution in [0.4, 0.5) is 0 Å². The fourth-order valence-corrected chi connectivity index (χ4v) is 3.99. The largest absolute Gasteiger partial charge is 0.314 e. The van der Waals surface area contributed by atoms with Crippen LogP contribution in [-0.2, 0) is 0 Å². The quantitative estimate of drug-likeness (QED) is 0.810. The second-order valence-electron chi connectivity index (χ2n) is 4.73. The van der Waals surface area contributed by atoms with E-state index in [2.05, 4.69) is 67.9 Å². The van der Waals surface area contributed by atoms with E-state index in [1.807, 2.05) is 11.3 Å². The molecule has 0 unspecified atom stereocenters. The van der Waals surface area contributed by atoms with Gasteiger partial charge in [-0.25, -0.2) is 0 Å². The van der Waals surface area contributed by atoms with Gasteiger partial charge in [-0.3, -0.25) is 4.90 Å². The maximum atomic E-state index is 3.71. The number of hydrogen-bond acceptors (Lipinski definition) is 3. The molecule has 0 radical (unpaired) electrons. The van der Waals surface area contributed by atoms with Crippen molar-refractivity contribution in [3.63, 3.8) is 0 Å². The highest BCUT2D eigenvalue weighted by Gasteiger charge is 2.25. The molecule has 1 N–H and O–H groups in total. The molecule has 116 valence electrons. The van der Waals surface area contributed by atoms with E-state index < -0.39 is 0 Å². The van der Waals surface area contributed by atoms with Gasteiger partial charge >= 0.3 is 0 Å². The molecular formula is C15H19BrCl2N2S. The first-order chi connectivity index (χ1) is 9.36. The third-order valence-corrected chi connectivity index (χ3v) is 5.18. The van der Waals surface area contributed by atoms with Crippen LogP contribution in [0.1, 0.15) is 16.5 Å². The minimum atomic E-state index is 0. The van der Waals surface area contributed by atoms with Crippen LogP contribution in [-0.4, -0.2) is 31.1 Å². The fourth-order valence-electron chi connectivity index (χ4n) is 2.61. The molecular weight excluding hydrogens is 391 g/mol. The van der Waals surface area contributed by atoms with Crippen molar-refractivity contribution in [2.24, 2.45) is 0 Å². The molecule has 1 aliphatic heterocycles. The van der Waals surface area contributed by atoms with Gasteiger partial charge in [0.2, 0.25) is 0 Å². The molecule has 1 aliphatic rings. The lowest BCUT2D eigenvalue weighted by Crippen LogP contribution is -2.45. The molecule has 0 amide bonds. The summed E-state index contributed by atoms with van der Waals surface area (Å²) in [5.41, 5.74) is 1.37. The Labute approximate surface area is 150 Å². The van der Waals surface area contributed by atoms with Crippen LogP contribution in [0, 0.1) is 0 Å². The lowest BCUT2D eigenvalue weighted by Gasteiger charge is -2.35. The lowest BCUT2D eigenvalue weighted by molar-refractivity contribution is 0.200. The summed E-state index contributed by atoms with van der Waals surface area (Å²) < 4.78 is 1.20. The highest BCUT2D eigenvalue weighted by Crippen LogP contribution is 2.35. The van der Waals surface area contributed by atoms with Crippen LogP contribution in [0.2, 0.25) is 0 Å². The number of benzene rings is 1. The molecule has 0 saturated carbocycles. The van der Waals surface area contributed by atoms with Gasteiger partial charge in [-0.1, -0.05) is 40.2 Å². The Morgan fingerprint density at radius 1 is 1.05 bits per heavy atom. The number of halogens is 3. The van der Waals surface area contributed by atoms with Gasteiger partial charge in [0.05, 0.1) is 6.04 Å². The summed E-state index contributed by atoms with van der Waals surface area (Å²) in [6.45, 7) is 4.35. The van der Waals surface area contributed by atoms with E-state index in [4.69, 9.17) is 0 Å². The van der Waals surface area contributed by atoms with Crippen LogP contribution < -0.4 is 5.32 Å². The van der Waals surface area contributed by atoms with E-state index in [0.29, 0.717) is 6.04 Å². The van der Waals surface area contributed by atoms with Crippen LogP contribution in [0.3, 0.4) is 0 Å². The highest BCUT2D eigenvalue weighted by atomic mass is 79.9. The molecule has 1 atom stereocenters. The SMILES string of the molecule is Brc1ccccc1[C@H](c1cccs1)N1CCNCC1.Cl.Cl. The second kappa shape index (κ2) is 9.13. The standard InChI is InChI=1S/C15H17BrN2S.2ClH/c16-13-5-2-1-4-12(13)15(14-6-3-11-19-14)18-9-7-17-8-10-18;;/h1-6,11,15,17H,7-10H2;2*1H/t15-;;/m1../s1. The monoisotopic (exact) mass is 408 g/mol. The van der Waals surface area contributed by atoms with E-state index >= 15 is 0 Å². The van der Waals surface area contributed by atoms with E-state index in [1.54, 1.807) is 0 Å². The summed E-state index contributed by atoms with van der Waals surface area (Å²) in [5.74, 6) is 0. The fraction of sp³-hybridized carbons (Fsp3) is 0.333. The molecule has 1 aromatic heterocycles. The Morgan fingerprint density at radius 2 is 1.76 bits per heavy atom. The molecule has 0 bridgehead atoms. The summed E-state index contributed by atoms with van der Waals surface area (Å²) in [6, 6.07) is 13.3. The third-order valence-electron chi connectivity index (χ3n) is 3.53. The van der Waals surface area contributed by atoms with E-state index in [-0.39, 0.29) is 24.8 Å². The lowest BCUT2D eigenvalue weighted by atomic mass is 10.0. The number of nitrogens with one attached hydrogen (secondary N) is 1. The molecule has 6 heteroatoms. The van der Waals surface area contributed by atoms with E-state index in [0.717, 1.165) is 26.2 Å². The van der Waals surface area contributed by atoms with Crippen molar-refractivity contribution in [2.75, 3.05) is 26.2 Å². The van der Waals surface area contributed by atoms with Crippen molar-refractivity contribution in [1.29, 1.82) is 0 Å². The number of piperazine rings is 1.